The number of rotatable bonds is 3. The highest BCUT2D eigenvalue weighted by molar-refractivity contribution is 5.71. The van der Waals surface area contributed by atoms with Gasteiger partial charge in [-0.25, -0.2) is 9.78 Å². The number of H-pyrrole nitrogens is 1. The van der Waals surface area contributed by atoms with Crippen molar-refractivity contribution in [1.29, 1.82) is 0 Å². The molecule has 0 spiro atoms. The van der Waals surface area contributed by atoms with E-state index in [1.807, 2.05) is 0 Å². The molecule has 0 atom stereocenters. The van der Waals surface area contributed by atoms with Gasteiger partial charge in [0, 0.05) is 11.9 Å². The maximum atomic E-state index is 12.7. The Morgan fingerprint density at radius 2 is 2.00 bits per heavy atom. The molecule has 0 aliphatic heterocycles. The summed E-state index contributed by atoms with van der Waals surface area (Å²) in [6.45, 7) is 1.29. The normalized spacial score (nSPS) is 12.0. The fraction of sp³-hybridized carbons (Fsp3) is 0.286. The summed E-state index contributed by atoms with van der Waals surface area (Å²) in [7, 11) is 0. The minimum absolute atomic E-state index is 0.0523. The van der Waals surface area contributed by atoms with Crippen LogP contribution in [-0.2, 0) is 19.3 Å². The van der Waals surface area contributed by atoms with Crippen molar-refractivity contribution >= 4 is 11.0 Å². The zero-order valence-electron chi connectivity index (χ0n) is 12.5. The van der Waals surface area contributed by atoms with E-state index in [4.69, 9.17) is 0 Å². The summed E-state index contributed by atoms with van der Waals surface area (Å²) in [6.07, 6.45) is -3.13. The third-order valence-corrected chi connectivity index (χ3v) is 3.55. The first-order valence-electron chi connectivity index (χ1n) is 6.97. The Balaban J connectivity index is 1.93. The number of aromatic nitrogens is 5. The summed E-state index contributed by atoms with van der Waals surface area (Å²) < 4.78 is 40.0. The Morgan fingerprint density at radius 1 is 1.25 bits per heavy atom. The summed E-state index contributed by atoms with van der Waals surface area (Å²) in [6, 6.07) is 4.03. The van der Waals surface area contributed by atoms with Gasteiger partial charge in [0.1, 0.15) is 0 Å². The van der Waals surface area contributed by atoms with E-state index in [9.17, 15) is 22.8 Å². The third kappa shape index (κ3) is 2.82. The molecule has 0 unspecified atom stereocenters. The molecule has 1 N–H and O–H groups in total. The molecule has 7 nitrogen and oxygen atoms in total. The number of halogens is 3. The van der Waals surface area contributed by atoms with Crippen molar-refractivity contribution in [2.75, 3.05) is 0 Å². The van der Waals surface area contributed by atoms with E-state index in [2.05, 4.69) is 15.1 Å². The van der Waals surface area contributed by atoms with Gasteiger partial charge in [0.05, 0.1) is 18.6 Å². The first-order chi connectivity index (χ1) is 11.3. The largest absolute Gasteiger partial charge is 0.435 e. The lowest BCUT2D eigenvalue weighted by atomic mass is 10.3. The zero-order valence-corrected chi connectivity index (χ0v) is 12.5. The number of fused-ring (bicyclic) bond motifs is 1. The Labute approximate surface area is 132 Å². The highest BCUT2D eigenvalue weighted by atomic mass is 19.4. The number of aromatic amines is 1. The predicted molar refractivity (Wildman–Crippen MR) is 78.6 cm³/mol. The van der Waals surface area contributed by atoms with Crippen LogP contribution in [0.1, 0.15) is 11.4 Å². The number of nitrogens with one attached hydrogen (secondary N) is 1. The minimum atomic E-state index is -4.54. The molecule has 24 heavy (non-hydrogen) atoms. The topological polar surface area (TPSA) is 85.6 Å². The highest BCUT2D eigenvalue weighted by Crippen LogP contribution is 2.28. The predicted octanol–water partition coefficient (Wildman–Crippen LogP) is 1.31. The molecule has 3 heterocycles. The molecular weight excluding hydrogens is 327 g/mol. The lowest BCUT2D eigenvalue weighted by Gasteiger charge is -2.07. The second-order valence-corrected chi connectivity index (χ2v) is 5.18. The summed E-state index contributed by atoms with van der Waals surface area (Å²) in [5, 5.41) is 3.47. The molecule has 0 radical (unpaired) electrons. The minimum Gasteiger partial charge on any atom is -0.305 e. The SMILES string of the molecule is Cc1cc(C(F)(F)F)nn1CCn1c(=O)[nH]c2cccnc2c1=O. The van der Waals surface area contributed by atoms with Gasteiger partial charge in [-0.3, -0.25) is 14.0 Å². The summed E-state index contributed by atoms with van der Waals surface area (Å²) in [5.41, 5.74) is -1.59. The van der Waals surface area contributed by atoms with Crippen LogP contribution in [0.25, 0.3) is 11.0 Å². The average Bonchev–Trinajstić information content (AvgIpc) is 2.88. The second-order valence-electron chi connectivity index (χ2n) is 5.18. The number of pyridine rings is 1. The molecular formula is C14H12F3N5O2. The van der Waals surface area contributed by atoms with Crippen LogP contribution in [0, 0.1) is 6.92 Å². The van der Waals surface area contributed by atoms with Gasteiger partial charge in [0.25, 0.3) is 5.56 Å². The first-order valence-corrected chi connectivity index (χ1v) is 6.97. The van der Waals surface area contributed by atoms with E-state index in [1.165, 1.54) is 13.1 Å². The molecule has 10 heteroatoms. The van der Waals surface area contributed by atoms with E-state index in [0.717, 1.165) is 15.3 Å². The van der Waals surface area contributed by atoms with Crippen LogP contribution in [0.4, 0.5) is 13.2 Å². The van der Waals surface area contributed by atoms with Gasteiger partial charge in [0.2, 0.25) is 0 Å². The maximum absolute atomic E-state index is 12.7. The molecule has 0 aliphatic rings. The Kier molecular flexibility index (Phi) is 3.74. The average molecular weight is 339 g/mol. The van der Waals surface area contributed by atoms with Crippen molar-refractivity contribution in [2.24, 2.45) is 0 Å². The van der Waals surface area contributed by atoms with E-state index in [1.54, 1.807) is 12.1 Å². The Morgan fingerprint density at radius 3 is 2.67 bits per heavy atom. The van der Waals surface area contributed by atoms with Crippen LogP contribution in [-0.4, -0.2) is 24.3 Å². The van der Waals surface area contributed by atoms with Gasteiger partial charge >= 0.3 is 11.9 Å². The van der Waals surface area contributed by atoms with Crippen molar-refractivity contribution in [2.45, 2.75) is 26.2 Å². The van der Waals surface area contributed by atoms with Gasteiger partial charge in [-0.1, -0.05) is 0 Å². The maximum Gasteiger partial charge on any atom is 0.435 e. The Hall–Kier alpha value is -2.91. The quantitative estimate of drug-likeness (QED) is 0.780. The smallest absolute Gasteiger partial charge is 0.305 e. The van der Waals surface area contributed by atoms with Crippen LogP contribution in [0.3, 0.4) is 0 Å². The van der Waals surface area contributed by atoms with Crippen molar-refractivity contribution < 1.29 is 13.2 Å². The van der Waals surface area contributed by atoms with Crippen LogP contribution in [0.15, 0.2) is 34.0 Å². The van der Waals surface area contributed by atoms with Crippen LogP contribution in [0.2, 0.25) is 0 Å². The van der Waals surface area contributed by atoms with Gasteiger partial charge in [0.15, 0.2) is 11.2 Å². The van der Waals surface area contributed by atoms with Crippen LogP contribution < -0.4 is 11.2 Å². The van der Waals surface area contributed by atoms with Crippen molar-refractivity contribution in [3.8, 4) is 0 Å². The standard InChI is InChI=1S/C14H12F3N5O2/c1-8-7-10(14(15,16)17)20-22(8)6-5-21-12(23)11-9(19-13(21)24)3-2-4-18-11/h2-4,7H,5-6H2,1H3,(H,19,24). The van der Waals surface area contributed by atoms with Crippen LogP contribution in [0.5, 0.6) is 0 Å². The van der Waals surface area contributed by atoms with E-state index >= 15 is 0 Å². The van der Waals surface area contributed by atoms with E-state index < -0.39 is 23.1 Å². The lowest BCUT2D eigenvalue weighted by Crippen LogP contribution is -2.36. The summed E-state index contributed by atoms with van der Waals surface area (Å²) in [5.74, 6) is 0. The first kappa shape index (κ1) is 16.0. The van der Waals surface area contributed by atoms with E-state index in [-0.39, 0.29) is 24.3 Å². The number of hydrogen-bond acceptors (Lipinski definition) is 4. The third-order valence-electron chi connectivity index (χ3n) is 3.55. The molecule has 0 amide bonds. The molecule has 126 valence electrons. The Bertz CT molecular complexity index is 1020. The lowest BCUT2D eigenvalue weighted by molar-refractivity contribution is -0.141. The number of alkyl halides is 3. The van der Waals surface area contributed by atoms with Crippen molar-refractivity contribution in [3.63, 3.8) is 0 Å². The molecule has 0 aliphatic carbocycles. The number of hydrogen-bond donors (Lipinski definition) is 1. The molecule has 0 bridgehead atoms. The van der Waals surface area contributed by atoms with Gasteiger partial charge in [-0.05, 0) is 25.1 Å². The van der Waals surface area contributed by atoms with E-state index in [0.29, 0.717) is 5.52 Å². The second kappa shape index (κ2) is 5.62. The molecule has 0 saturated carbocycles. The summed E-state index contributed by atoms with van der Waals surface area (Å²) in [4.78, 5) is 30.7. The molecule has 3 rings (SSSR count). The van der Waals surface area contributed by atoms with Crippen molar-refractivity contribution in [1.82, 2.24) is 24.3 Å². The molecule has 0 fully saturated rings. The number of aryl methyl sites for hydroxylation is 2. The monoisotopic (exact) mass is 339 g/mol. The highest BCUT2D eigenvalue weighted by Gasteiger charge is 2.34. The zero-order chi connectivity index (χ0) is 17.5. The number of nitrogens with zero attached hydrogens (tertiary/aromatic N) is 4. The summed E-state index contributed by atoms with van der Waals surface area (Å²) >= 11 is 0. The fourth-order valence-corrected chi connectivity index (χ4v) is 2.35. The molecule has 3 aromatic rings. The van der Waals surface area contributed by atoms with Crippen LogP contribution >= 0.6 is 0 Å². The molecule has 0 saturated heterocycles. The molecule has 3 aromatic heterocycles. The van der Waals surface area contributed by atoms with Gasteiger partial charge in [-0.15, -0.1) is 0 Å². The molecule has 0 aromatic carbocycles. The van der Waals surface area contributed by atoms with Gasteiger partial charge in [-0.2, -0.15) is 18.3 Å². The van der Waals surface area contributed by atoms with Gasteiger partial charge < -0.3 is 4.98 Å². The fourth-order valence-electron chi connectivity index (χ4n) is 2.35. The van der Waals surface area contributed by atoms with Crippen molar-refractivity contribution in [3.05, 3.63) is 56.6 Å².